The van der Waals surface area contributed by atoms with Crippen LogP contribution < -0.4 is 11.1 Å². The van der Waals surface area contributed by atoms with Gasteiger partial charge in [0, 0.05) is 67.9 Å². The molecule has 1 unspecified atom stereocenters. The first-order valence-electron chi connectivity index (χ1n) is 10.2. The first-order chi connectivity index (χ1) is 15.1. The second kappa shape index (κ2) is 13.1. The maximum Gasteiger partial charge on any atom is 0.247 e. The molecule has 0 spiro atoms. The number of morpholine rings is 1. The Kier molecular flexibility index (Phi) is 10.1. The maximum atomic E-state index is 12.1. The van der Waals surface area contributed by atoms with Crippen molar-refractivity contribution in [3.8, 4) is 0 Å². The van der Waals surface area contributed by atoms with E-state index in [4.69, 9.17) is 15.9 Å². The number of allylic oxidation sites excluding steroid dienone is 4. The summed E-state index contributed by atoms with van der Waals surface area (Å²) in [6, 6.07) is 1.75. The van der Waals surface area contributed by atoms with Crippen LogP contribution in [-0.4, -0.2) is 54.4 Å². The van der Waals surface area contributed by atoms with Crippen LogP contribution in [0.25, 0.3) is 11.6 Å². The molecule has 0 radical (unpaired) electrons. The summed E-state index contributed by atoms with van der Waals surface area (Å²) < 4.78 is 5.59. The van der Waals surface area contributed by atoms with Crippen LogP contribution in [-0.2, 0) is 9.53 Å². The molecule has 2 rings (SSSR count). The van der Waals surface area contributed by atoms with Gasteiger partial charge in [-0.3, -0.25) is 14.7 Å². The van der Waals surface area contributed by atoms with E-state index < -0.39 is 0 Å². The number of pyridine rings is 1. The lowest BCUT2D eigenvalue weighted by Gasteiger charge is -2.31. The summed E-state index contributed by atoms with van der Waals surface area (Å²) in [6.45, 7) is 7.49. The zero-order chi connectivity index (χ0) is 22.5. The van der Waals surface area contributed by atoms with E-state index in [1.807, 2.05) is 25.2 Å². The van der Waals surface area contributed by atoms with Crippen LogP contribution >= 0.6 is 0 Å². The Morgan fingerprint density at radius 3 is 3.00 bits per heavy atom. The molecule has 164 valence electrons. The van der Waals surface area contributed by atoms with Crippen molar-refractivity contribution in [1.29, 1.82) is 5.41 Å². The summed E-state index contributed by atoms with van der Waals surface area (Å²) in [5.74, 6) is -0.262. The number of rotatable bonds is 9. The molecular weight excluding hydrogens is 390 g/mol. The van der Waals surface area contributed by atoms with Crippen molar-refractivity contribution >= 4 is 23.8 Å². The molecule has 0 bridgehead atoms. The third-order valence-corrected chi connectivity index (χ3v) is 4.66. The number of nitrogens with two attached hydrogens (primary N) is 1. The van der Waals surface area contributed by atoms with Gasteiger partial charge in [0.25, 0.3) is 0 Å². The summed E-state index contributed by atoms with van der Waals surface area (Å²) in [7, 11) is 0. The second-order valence-corrected chi connectivity index (χ2v) is 7.09. The molecule has 1 fully saturated rings. The largest absolute Gasteiger partial charge is 0.404 e. The summed E-state index contributed by atoms with van der Waals surface area (Å²) in [5, 5.41) is 10.2. The van der Waals surface area contributed by atoms with Gasteiger partial charge in [-0.25, -0.2) is 0 Å². The van der Waals surface area contributed by atoms with Gasteiger partial charge in [0.05, 0.1) is 12.7 Å². The maximum absolute atomic E-state index is 12.1. The number of nitrogens with zero attached hydrogens (tertiary/aromatic N) is 2. The fraction of sp³-hybridized carbons (Fsp3) is 0.292. The Morgan fingerprint density at radius 2 is 2.29 bits per heavy atom. The molecule has 1 aromatic heterocycles. The topological polar surface area (TPSA) is 104 Å². The van der Waals surface area contributed by atoms with E-state index in [1.54, 1.807) is 30.7 Å². The molecule has 0 aromatic carbocycles. The number of carbonyl (C=O) groups excluding carboxylic acids is 1. The zero-order valence-electron chi connectivity index (χ0n) is 18.1. The summed E-state index contributed by atoms with van der Waals surface area (Å²) in [5.41, 5.74) is 8.72. The SMILES string of the molecule is C\C=C/C(=C\C=C\NC(=O)/C=C/c1cnccc1/C(C=N)=C/N)CN1CCOC(C)C1. The minimum absolute atomic E-state index is 0.248. The van der Waals surface area contributed by atoms with Crippen molar-refractivity contribution in [2.45, 2.75) is 20.0 Å². The van der Waals surface area contributed by atoms with Gasteiger partial charge in [-0.05, 0) is 43.2 Å². The average Bonchev–Trinajstić information content (AvgIpc) is 2.77. The summed E-state index contributed by atoms with van der Waals surface area (Å²) in [6.07, 6.45) is 18.6. The van der Waals surface area contributed by atoms with E-state index >= 15 is 0 Å². The fourth-order valence-corrected chi connectivity index (χ4v) is 3.20. The Bertz CT molecular complexity index is 899. The Labute approximate surface area is 184 Å². The van der Waals surface area contributed by atoms with Crippen molar-refractivity contribution in [2.75, 3.05) is 26.2 Å². The van der Waals surface area contributed by atoms with Gasteiger partial charge >= 0.3 is 0 Å². The smallest absolute Gasteiger partial charge is 0.247 e. The van der Waals surface area contributed by atoms with Crippen molar-refractivity contribution < 1.29 is 9.53 Å². The minimum atomic E-state index is -0.262. The second-order valence-electron chi connectivity index (χ2n) is 7.09. The molecule has 31 heavy (non-hydrogen) atoms. The van der Waals surface area contributed by atoms with E-state index in [-0.39, 0.29) is 12.0 Å². The summed E-state index contributed by atoms with van der Waals surface area (Å²) >= 11 is 0. The molecule has 7 nitrogen and oxygen atoms in total. The third kappa shape index (κ3) is 8.16. The van der Waals surface area contributed by atoms with Crippen LogP contribution in [0, 0.1) is 5.41 Å². The van der Waals surface area contributed by atoms with Gasteiger partial charge in [0.15, 0.2) is 0 Å². The molecule has 1 amide bonds. The van der Waals surface area contributed by atoms with E-state index in [1.165, 1.54) is 18.5 Å². The highest BCUT2D eigenvalue weighted by Crippen LogP contribution is 2.17. The first-order valence-corrected chi connectivity index (χ1v) is 10.2. The predicted molar refractivity (Wildman–Crippen MR) is 126 cm³/mol. The highest BCUT2D eigenvalue weighted by atomic mass is 16.5. The van der Waals surface area contributed by atoms with Gasteiger partial charge in [-0.2, -0.15) is 0 Å². The Morgan fingerprint density at radius 1 is 1.45 bits per heavy atom. The Balaban J connectivity index is 1.96. The molecule has 1 saturated heterocycles. The summed E-state index contributed by atoms with van der Waals surface area (Å²) in [4.78, 5) is 18.6. The monoisotopic (exact) mass is 421 g/mol. The lowest BCUT2D eigenvalue weighted by atomic mass is 10.0. The highest BCUT2D eigenvalue weighted by molar-refractivity contribution is 6.09. The van der Waals surface area contributed by atoms with Crippen LogP contribution in [0.4, 0.5) is 0 Å². The average molecular weight is 422 g/mol. The fourth-order valence-electron chi connectivity index (χ4n) is 3.20. The number of ether oxygens (including phenoxy) is 1. The van der Waals surface area contributed by atoms with Crippen LogP contribution in [0.5, 0.6) is 0 Å². The molecule has 0 saturated carbocycles. The molecule has 1 aliphatic rings. The molecule has 4 N–H and O–H groups in total. The van der Waals surface area contributed by atoms with Gasteiger partial charge in [-0.15, -0.1) is 0 Å². The number of hydrogen-bond donors (Lipinski definition) is 3. The lowest BCUT2D eigenvalue weighted by molar-refractivity contribution is -0.115. The van der Waals surface area contributed by atoms with Gasteiger partial charge in [0.2, 0.25) is 5.91 Å². The number of carbonyl (C=O) groups is 1. The number of nitrogens with one attached hydrogen (secondary N) is 2. The predicted octanol–water partition coefficient (Wildman–Crippen LogP) is 2.90. The molecule has 1 aromatic rings. The van der Waals surface area contributed by atoms with Crippen molar-refractivity contribution in [3.63, 3.8) is 0 Å². The van der Waals surface area contributed by atoms with Gasteiger partial charge in [0.1, 0.15) is 0 Å². The van der Waals surface area contributed by atoms with Crippen LogP contribution in [0.3, 0.4) is 0 Å². The van der Waals surface area contributed by atoms with Crippen LogP contribution in [0.15, 0.2) is 66.8 Å². The van der Waals surface area contributed by atoms with Crippen molar-refractivity contribution in [3.05, 3.63) is 77.9 Å². The van der Waals surface area contributed by atoms with Crippen molar-refractivity contribution in [2.24, 2.45) is 5.73 Å². The molecule has 2 heterocycles. The lowest BCUT2D eigenvalue weighted by Crippen LogP contribution is -2.41. The first kappa shape index (κ1) is 24.0. The van der Waals surface area contributed by atoms with Gasteiger partial charge < -0.3 is 21.2 Å². The highest BCUT2D eigenvalue weighted by Gasteiger charge is 2.16. The van der Waals surface area contributed by atoms with E-state index in [2.05, 4.69) is 28.2 Å². The van der Waals surface area contributed by atoms with Gasteiger partial charge in [-0.1, -0.05) is 18.2 Å². The normalized spacial score (nSPS) is 18.8. The molecule has 0 aliphatic carbocycles. The van der Waals surface area contributed by atoms with E-state index in [0.29, 0.717) is 11.1 Å². The molecule has 7 heteroatoms. The molecule has 1 atom stereocenters. The van der Waals surface area contributed by atoms with Crippen LogP contribution in [0.1, 0.15) is 25.0 Å². The molecular formula is C24H31N5O2. The van der Waals surface area contributed by atoms with Crippen LogP contribution in [0.2, 0.25) is 0 Å². The quantitative estimate of drug-likeness (QED) is 0.323. The van der Waals surface area contributed by atoms with E-state index in [0.717, 1.165) is 37.4 Å². The third-order valence-electron chi connectivity index (χ3n) is 4.66. The Hall–Kier alpha value is -3.29. The molecule has 1 aliphatic heterocycles. The number of amides is 1. The number of hydrogen-bond acceptors (Lipinski definition) is 6. The minimum Gasteiger partial charge on any atom is -0.404 e. The number of aromatic nitrogens is 1. The van der Waals surface area contributed by atoms with E-state index in [9.17, 15) is 4.79 Å². The standard InChI is InChI=1S/C24H31N5O2/c1-3-5-20(18-29-12-13-31-19(2)17-29)6-4-10-28-24(30)8-7-21-16-27-11-9-23(21)22(14-25)15-26/h3-11,14-16,19,25H,12-13,17-18,26H2,1-2H3,(H,28,30)/b5-3-,8-7+,10-4+,20-6+,22-15+,25-14?. The van der Waals surface area contributed by atoms with Crippen molar-refractivity contribution in [1.82, 2.24) is 15.2 Å². The zero-order valence-corrected chi connectivity index (χ0v) is 18.1.